The molecule has 0 unspecified atom stereocenters. The van der Waals surface area contributed by atoms with Gasteiger partial charge in [0.1, 0.15) is 11.6 Å². The van der Waals surface area contributed by atoms with E-state index in [1.165, 1.54) is 22.4 Å². The molecule has 1 aliphatic heterocycles. The summed E-state index contributed by atoms with van der Waals surface area (Å²) in [6.07, 6.45) is 5.49. The van der Waals surface area contributed by atoms with Gasteiger partial charge in [-0.05, 0) is 42.7 Å². The molecule has 0 atom stereocenters. The SMILES string of the molecule is N#Cn1ncc2c(Nc3ccc(F)cc3)nc(NC3CCN(Cc4ccccc4)CC3)nc21. The predicted molar refractivity (Wildman–Crippen MR) is 124 cm³/mol. The fourth-order valence-electron chi connectivity index (χ4n) is 4.07. The maximum atomic E-state index is 13.3. The smallest absolute Gasteiger partial charge is 0.226 e. The van der Waals surface area contributed by atoms with Crippen LogP contribution in [0.2, 0.25) is 0 Å². The van der Waals surface area contributed by atoms with Gasteiger partial charge in [0.2, 0.25) is 12.1 Å². The van der Waals surface area contributed by atoms with Crippen LogP contribution in [0.3, 0.4) is 0 Å². The Morgan fingerprint density at radius 1 is 1.03 bits per heavy atom. The van der Waals surface area contributed by atoms with Gasteiger partial charge >= 0.3 is 0 Å². The zero-order chi connectivity index (χ0) is 22.6. The van der Waals surface area contributed by atoms with E-state index in [2.05, 4.69) is 54.9 Å². The van der Waals surface area contributed by atoms with Crippen LogP contribution in [0, 0.1) is 17.3 Å². The van der Waals surface area contributed by atoms with E-state index < -0.39 is 0 Å². The van der Waals surface area contributed by atoms with Crippen molar-refractivity contribution in [2.45, 2.75) is 25.4 Å². The van der Waals surface area contributed by atoms with Crippen molar-refractivity contribution in [3.63, 3.8) is 0 Å². The first-order valence-corrected chi connectivity index (χ1v) is 10.9. The number of likely N-dealkylation sites (tertiary alicyclic amines) is 1. The highest BCUT2D eigenvalue weighted by atomic mass is 19.1. The molecular formula is C24H23FN8. The van der Waals surface area contributed by atoms with E-state index in [-0.39, 0.29) is 11.9 Å². The summed E-state index contributed by atoms with van der Waals surface area (Å²) in [5, 5.41) is 20.7. The van der Waals surface area contributed by atoms with Gasteiger partial charge in [-0.3, -0.25) is 4.90 Å². The molecule has 2 aromatic carbocycles. The lowest BCUT2D eigenvalue weighted by Crippen LogP contribution is -2.39. The highest BCUT2D eigenvalue weighted by Gasteiger charge is 2.21. The van der Waals surface area contributed by atoms with Crippen LogP contribution in [0.4, 0.5) is 21.8 Å². The van der Waals surface area contributed by atoms with Crippen molar-refractivity contribution in [2.24, 2.45) is 0 Å². The Bertz CT molecular complexity index is 1270. The Labute approximate surface area is 190 Å². The number of hydrogen-bond donors (Lipinski definition) is 2. The van der Waals surface area contributed by atoms with Gasteiger partial charge < -0.3 is 10.6 Å². The van der Waals surface area contributed by atoms with Crippen molar-refractivity contribution in [1.82, 2.24) is 24.6 Å². The number of hydrogen-bond acceptors (Lipinski definition) is 7. The number of anilines is 3. The lowest BCUT2D eigenvalue weighted by Gasteiger charge is -2.32. The minimum absolute atomic E-state index is 0.228. The van der Waals surface area contributed by atoms with Crippen molar-refractivity contribution < 1.29 is 4.39 Å². The van der Waals surface area contributed by atoms with Crippen molar-refractivity contribution in [3.05, 3.63) is 72.2 Å². The van der Waals surface area contributed by atoms with Gasteiger partial charge in [0.25, 0.3) is 0 Å². The maximum absolute atomic E-state index is 13.3. The number of rotatable bonds is 6. The zero-order valence-corrected chi connectivity index (χ0v) is 17.9. The Morgan fingerprint density at radius 2 is 1.79 bits per heavy atom. The Balaban J connectivity index is 1.32. The maximum Gasteiger partial charge on any atom is 0.226 e. The third kappa shape index (κ3) is 4.76. The van der Waals surface area contributed by atoms with Crippen molar-refractivity contribution >= 4 is 28.5 Å². The van der Waals surface area contributed by atoms with E-state index in [1.807, 2.05) is 12.3 Å². The number of nitrogens with zero attached hydrogens (tertiary/aromatic N) is 6. The first-order valence-electron chi connectivity index (χ1n) is 10.9. The number of piperidine rings is 1. The molecule has 2 aromatic heterocycles. The average Bonchev–Trinajstić information content (AvgIpc) is 3.26. The van der Waals surface area contributed by atoms with Gasteiger partial charge in [-0.1, -0.05) is 30.3 Å². The number of nitriles is 1. The number of nitrogens with one attached hydrogen (secondary N) is 2. The largest absolute Gasteiger partial charge is 0.351 e. The van der Waals surface area contributed by atoms with Crippen LogP contribution in [0.15, 0.2) is 60.8 Å². The summed E-state index contributed by atoms with van der Waals surface area (Å²) in [6, 6.07) is 16.7. The summed E-state index contributed by atoms with van der Waals surface area (Å²) >= 11 is 0. The normalized spacial score (nSPS) is 14.8. The summed E-state index contributed by atoms with van der Waals surface area (Å²) in [4.78, 5) is 11.6. The van der Waals surface area contributed by atoms with Crippen LogP contribution in [-0.2, 0) is 6.54 Å². The minimum atomic E-state index is -0.313. The van der Waals surface area contributed by atoms with Gasteiger partial charge in [0.05, 0.1) is 11.6 Å². The average molecular weight is 443 g/mol. The Kier molecular flexibility index (Phi) is 5.83. The van der Waals surface area contributed by atoms with E-state index in [4.69, 9.17) is 0 Å². The van der Waals surface area contributed by atoms with Crippen molar-refractivity contribution in [1.29, 1.82) is 5.26 Å². The quantitative estimate of drug-likeness (QED) is 0.464. The first kappa shape index (κ1) is 20.8. The summed E-state index contributed by atoms with van der Waals surface area (Å²) in [5.74, 6) is 0.634. The molecule has 2 N–H and O–H groups in total. The van der Waals surface area contributed by atoms with Crippen LogP contribution in [0.25, 0.3) is 11.0 Å². The van der Waals surface area contributed by atoms with Gasteiger partial charge in [-0.2, -0.15) is 20.3 Å². The first-order chi connectivity index (χ1) is 16.2. The van der Waals surface area contributed by atoms with Crippen molar-refractivity contribution in [3.8, 4) is 6.19 Å². The van der Waals surface area contributed by atoms with Crippen LogP contribution in [0.5, 0.6) is 0 Å². The number of fused-ring (bicyclic) bond motifs is 1. The standard InChI is InChI=1S/C24H23FN8/c25-18-6-8-19(9-7-18)28-22-21-14-27-33(16-26)23(21)31-24(30-22)29-20-10-12-32(13-11-20)15-17-4-2-1-3-5-17/h1-9,14,20H,10-13,15H2,(H2,28,29,30,31). The van der Waals surface area contributed by atoms with Crippen LogP contribution >= 0.6 is 0 Å². The zero-order valence-electron chi connectivity index (χ0n) is 17.9. The second kappa shape index (κ2) is 9.22. The van der Waals surface area contributed by atoms with E-state index in [0.717, 1.165) is 32.5 Å². The lowest BCUT2D eigenvalue weighted by molar-refractivity contribution is 0.211. The molecule has 3 heterocycles. The molecule has 0 radical (unpaired) electrons. The molecule has 0 spiro atoms. The summed E-state index contributed by atoms with van der Waals surface area (Å²) in [7, 11) is 0. The van der Waals surface area contributed by atoms with Gasteiger partial charge in [0.15, 0.2) is 5.65 Å². The van der Waals surface area contributed by atoms with Crippen LogP contribution in [0.1, 0.15) is 18.4 Å². The van der Waals surface area contributed by atoms with Gasteiger partial charge in [0, 0.05) is 31.4 Å². The second-order valence-electron chi connectivity index (χ2n) is 8.10. The molecular weight excluding hydrogens is 419 g/mol. The number of aromatic nitrogens is 4. The molecule has 1 fully saturated rings. The Morgan fingerprint density at radius 3 is 2.52 bits per heavy atom. The molecule has 9 heteroatoms. The van der Waals surface area contributed by atoms with Gasteiger partial charge in [-0.25, -0.2) is 4.39 Å². The number of benzene rings is 2. The summed E-state index contributed by atoms with van der Waals surface area (Å²) < 4.78 is 14.5. The fraction of sp³-hybridized carbons (Fsp3) is 0.250. The Hall–Kier alpha value is -4.03. The number of halogens is 1. The molecule has 1 saturated heterocycles. The molecule has 0 amide bonds. The monoisotopic (exact) mass is 442 g/mol. The predicted octanol–water partition coefficient (Wildman–Crippen LogP) is 4.11. The van der Waals surface area contributed by atoms with E-state index >= 15 is 0 Å². The molecule has 0 aliphatic carbocycles. The van der Waals surface area contributed by atoms with E-state index in [0.29, 0.717) is 28.5 Å². The molecule has 33 heavy (non-hydrogen) atoms. The molecule has 8 nitrogen and oxygen atoms in total. The highest BCUT2D eigenvalue weighted by molar-refractivity contribution is 5.89. The summed E-state index contributed by atoms with van der Waals surface area (Å²) in [5.41, 5.74) is 2.42. The van der Waals surface area contributed by atoms with Crippen LogP contribution in [-0.4, -0.2) is 43.8 Å². The molecule has 5 rings (SSSR count). The highest BCUT2D eigenvalue weighted by Crippen LogP contribution is 2.26. The van der Waals surface area contributed by atoms with Crippen LogP contribution < -0.4 is 10.6 Å². The lowest BCUT2D eigenvalue weighted by atomic mass is 10.0. The summed E-state index contributed by atoms with van der Waals surface area (Å²) in [6.45, 7) is 2.90. The molecule has 4 aromatic rings. The van der Waals surface area contributed by atoms with E-state index in [9.17, 15) is 9.65 Å². The second-order valence-corrected chi connectivity index (χ2v) is 8.10. The fourth-order valence-corrected chi connectivity index (χ4v) is 4.07. The third-order valence-corrected chi connectivity index (χ3v) is 5.80. The topological polar surface area (TPSA) is 94.7 Å². The molecule has 0 saturated carbocycles. The molecule has 1 aliphatic rings. The molecule has 0 bridgehead atoms. The minimum Gasteiger partial charge on any atom is -0.351 e. The van der Waals surface area contributed by atoms with Crippen molar-refractivity contribution in [2.75, 3.05) is 23.7 Å². The molecule has 166 valence electrons. The van der Waals surface area contributed by atoms with Gasteiger partial charge in [-0.15, -0.1) is 4.68 Å². The van der Waals surface area contributed by atoms with E-state index in [1.54, 1.807) is 18.3 Å². The third-order valence-electron chi connectivity index (χ3n) is 5.80.